The van der Waals surface area contributed by atoms with Crippen LogP contribution >= 0.6 is 0 Å². The van der Waals surface area contributed by atoms with E-state index >= 15 is 0 Å². The van der Waals surface area contributed by atoms with E-state index in [-0.39, 0.29) is 11.5 Å². The second-order valence-corrected chi connectivity index (χ2v) is 7.50. The topological polar surface area (TPSA) is 55.2 Å². The zero-order chi connectivity index (χ0) is 21.8. The minimum Gasteiger partial charge on any atom is -0.324 e. The van der Waals surface area contributed by atoms with Gasteiger partial charge < -0.3 is 4.90 Å². The summed E-state index contributed by atoms with van der Waals surface area (Å²) in [7, 11) is 0. The third-order valence-electron chi connectivity index (χ3n) is 5.53. The van der Waals surface area contributed by atoms with Crippen molar-refractivity contribution in [2.45, 2.75) is 33.0 Å². The van der Waals surface area contributed by atoms with Crippen molar-refractivity contribution in [3.05, 3.63) is 112 Å². The van der Waals surface area contributed by atoms with Crippen molar-refractivity contribution in [3.63, 3.8) is 0 Å². The Balaban J connectivity index is 1.83. The molecule has 0 N–H and O–H groups in total. The Morgan fingerprint density at radius 3 is 2.23 bits per heavy atom. The van der Waals surface area contributed by atoms with Gasteiger partial charge in [-0.1, -0.05) is 60.7 Å². The van der Waals surface area contributed by atoms with Crippen LogP contribution in [0.3, 0.4) is 0 Å². The highest BCUT2D eigenvalue weighted by molar-refractivity contribution is 5.94. The van der Waals surface area contributed by atoms with Crippen LogP contribution in [0.5, 0.6) is 0 Å². The summed E-state index contributed by atoms with van der Waals surface area (Å²) >= 11 is 0. The molecule has 1 heterocycles. The smallest absolute Gasteiger partial charge is 0.261 e. The van der Waals surface area contributed by atoms with E-state index < -0.39 is 6.04 Å². The number of benzene rings is 3. The molecule has 0 fully saturated rings. The van der Waals surface area contributed by atoms with E-state index in [1.807, 2.05) is 92.7 Å². The van der Waals surface area contributed by atoms with E-state index in [4.69, 9.17) is 4.98 Å². The van der Waals surface area contributed by atoms with E-state index in [0.29, 0.717) is 35.4 Å². The lowest BCUT2D eigenvalue weighted by Gasteiger charge is -2.30. The highest BCUT2D eigenvalue weighted by Crippen LogP contribution is 2.24. The Morgan fingerprint density at radius 1 is 0.935 bits per heavy atom. The molecule has 5 nitrogen and oxygen atoms in total. The van der Waals surface area contributed by atoms with Crippen LogP contribution in [0.4, 0.5) is 0 Å². The van der Waals surface area contributed by atoms with Crippen LogP contribution in [0.2, 0.25) is 0 Å². The molecule has 0 spiro atoms. The number of carbonyl (C=O) groups is 1. The number of hydrogen-bond donors (Lipinski definition) is 0. The molecular weight excluding hydrogens is 386 g/mol. The van der Waals surface area contributed by atoms with Crippen LogP contribution < -0.4 is 5.56 Å². The summed E-state index contributed by atoms with van der Waals surface area (Å²) in [6.07, 6.45) is 0. The molecule has 1 unspecified atom stereocenters. The summed E-state index contributed by atoms with van der Waals surface area (Å²) in [6, 6.07) is 26.1. The highest BCUT2D eigenvalue weighted by Gasteiger charge is 2.27. The number of aromatic nitrogens is 2. The van der Waals surface area contributed by atoms with E-state index in [0.717, 1.165) is 5.56 Å². The average molecular weight is 412 g/mol. The summed E-state index contributed by atoms with van der Waals surface area (Å²) in [6.45, 7) is 4.76. The zero-order valence-electron chi connectivity index (χ0n) is 17.7. The Morgan fingerprint density at radius 2 is 1.55 bits per heavy atom. The lowest BCUT2D eigenvalue weighted by molar-refractivity contribution is 0.0662. The number of rotatable bonds is 6. The van der Waals surface area contributed by atoms with Crippen LogP contribution in [0.25, 0.3) is 10.9 Å². The minimum atomic E-state index is -0.398. The molecule has 31 heavy (non-hydrogen) atoms. The molecule has 1 aromatic heterocycles. The van der Waals surface area contributed by atoms with Crippen molar-refractivity contribution in [2.24, 2.45) is 0 Å². The van der Waals surface area contributed by atoms with Gasteiger partial charge in [0, 0.05) is 18.7 Å². The first-order valence-corrected chi connectivity index (χ1v) is 10.5. The largest absolute Gasteiger partial charge is 0.324 e. The van der Waals surface area contributed by atoms with Crippen LogP contribution in [-0.2, 0) is 13.1 Å². The van der Waals surface area contributed by atoms with Crippen LogP contribution in [0.15, 0.2) is 89.7 Å². The molecule has 1 atom stereocenters. The first-order chi connectivity index (χ1) is 15.1. The monoisotopic (exact) mass is 411 g/mol. The van der Waals surface area contributed by atoms with Gasteiger partial charge in [-0.15, -0.1) is 0 Å². The lowest BCUT2D eigenvalue weighted by atomic mass is 10.1. The van der Waals surface area contributed by atoms with Crippen molar-refractivity contribution in [3.8, 4) is 0 Å². The first kappa shape index (κ1) is 20.5. The van der Waals surface area contributed by atoms with Gasteiger partial charge >= 0.3 is 0 Å². The summed E-state index contributed by atoms with van der Waals surface area (Å²) in [4.78, 5) is 33.2. The Labute approximate surface area is 181 Å². The van der Waals surface area contributed by atoms with E-state index in [2.05, 4.69) is 0 Å². The maximum absolute atomic E-state index is 13.5. The summed E-state index contributed by atoms with van der Waals surface area (Å²) in [5, 5.41) is 0.587. The van der Waals surface area contributed by atoms with Crippen LogP contribution in [0.1, 0.15) is 41.6 Å². The van der Waals surface area contributed by atoms with Gasteiger partial charge in [0.05, 0.1) is 16.9 Å². The molecular formula is C26H25N3O2. The molecule has 4 aromatic rings. The summed E-state index contributed by atoms with van der Waals surface area (Å²) in [5.74, 6) is 0.494. The van der Waals surface area contributed by atoms with E-state index in [1.54, 1.807) is 15.5 Å². The average Bonchev–Trinajstić information content (AvgIpc) is 2.83. The van der Waals surface area contributed by atoms with Gasteiger partial charge in [0.1, 0.15) is 5.82 Å². The van der Waals surface area contributed by atoms with Crippen molar-refractivity contribution in [2.75, 3.05) is 0 Å². The molecule has 0 aliphatic heterocycles. The predicted molar refractivity (Wildman–Crippen MR) is 123 cm³/mol. The second-order valence-electron chi connectivity index (χ2n) is 7.50. The quantitative estimate of drug-likeness (QED) is 0.457. The summed E-state index contributed by atoms with van der Waals surface area (Å²) < 4.78 is 1.67. The zero-order valence-corrected chi connectivity index (χ0v) is 17.7. The summed E-state index contributed by atoms with van der Waals surface area (Å²) in [5.41, 5.74) is 2.19. The molecule has 0 aliphatic rings. The van der Waals surface area contributed by atoms with Gasteiger partial charge in [-0.25, -0.2) is 4.98 Å². The number of fused-ring (bicyclic) bond motifs is 1. The molecule has 4 rings (SSSR count). The van der Waals surface area contributed by atoms with Crippen molar-refractivity contribution in [1.82, 2.24) is 14.5 Å². The van der Waals surface area contributed by atoms with Crippen LogP contribution in [-0.4, -0.2) is 20.4 Å². The molecule has 1 amide bonds. The van der Waals surface area contributed by atoms with Crippen molar-refractivity contribution in [1.29, 1.82) is 0 Å². The van der Waals surface area contributed by atoms with Crippen molar-refractivity contribution >= 4 is 16.8 Å². The Bertz CT molecular complexity index is 1250. The molecule has 3 aromatic carbocycles. The normalized spacial score (nSPS) is 11.9. The van der Waals surface area contributed by atoms with Gasteiger partial charge in [-0.05, 0) is 43.7 Å². The number of para-hydroxylation sites is 1. The molecule has 5 heteroatoms. The molecule has 0 saturated carbocycles. The van der Waals surface area contributed by atoms with Crippen LogP contribution in [0, 0.1) is 0 Å². The maximum Gasteiger partial charge on any atom is 0.261 e. The SMILES string of the molecule is CCn1c(C(C)N(Cc2ccccc2)C(=O)c2ccccc2)nc2ccccc2c1=O. The first-order valence-electron chi connectivity index (χ1n) is 10.5. The van der Waals surface area contributed by atoms with E-state index in [9.17, 15) is 9.59 Å². The molecule has 0 saturated heterocycles. The standard InChI is InChI=1S/C26H25N3O2/c1-3-28-24(27-23-17-11-10-16-22(23)26(28)31)19(2)29(18-20-12-6-4-7-13-20)25(30)21-14-8-5-9-15-21/h4-17,19H,3,18H2,1-2H3. The second kappa shape index (κ2) is 8.96. The fraction of sp³-hybridized carbons (Fsp3) is 0.192. The third kappa shape index (κ3) is 4.12. The van der Waals surface area contributed by atoms with E-state index in [1.165, 1.54) is 0 Å². The maximum atomic E-state index is 13.5. The van der Waals surface area contributed by atoms with Gasteiger partial charge in [0.2, 0.25) is 0 Å². The Hall–Kier alpha value is -3.73. The van der Waals surface area contributed by atoms with Crippen molar-refractivity contribution < 1.29 is 4.79 Å². The fourth-order valence-electron chi connectivity index (χ4n) is 3.86. The highest BCUT2D eigenvalue weighted by atomic mass is 16.2. The lowest BCUT2D eigenvalue weighted by Crippen LogP contribution is -2.37. The number of hydrogen-bond acceptors (Lipinski definition) is 3. The van der Waals surface area contributed by atoms with Gasteiger partial charge in [0.15, 0.2) is 0 Å². The fourth-order valence-corrected chi connectivity index (χ4v) is 3.86. The number of carbonyl (C=O) groups excluding carboxylic acids is 1. The molecule has 0 aliphatic carbocycles. The number of nitrogens with zero attached hydrogens (tertiary/aromatic N) is 3. The predicted octanol–water partition coefficient (Wildman–Crippen LogP) is 4.82. The van der Waals surface area contributed by atoms with Gasteiger partial charge in [0.25, 0.3) is 11.5 Å². The van der Waals surface area contributed by atoms with Gasteiger partial charge in [-0.2, -0.15) is 0 Å². The third-order valence-corrected chi connectivity index (χ3v) is 5.53. The molecule has 0 radical (unpaired) electrons. The van der Waals surface area contributed by atoms with Gasteiger partial charge in [-0.3, -0.25) is 14.2 Å². The minimum absolute atomic E-state index is 0.0817. The molecule has 156 valence electrons. The Kier molecular flexibility index (Phi) is 5.94. The molecule has 0 bridgehead atoms. The number of amides is 1.